The molecule has 0 saturated carbocycles. The van der Waals surface area contributed by atoms with E-state index in [4.69, 9.17) is 14.5 Å². The summed E-state index contributed by atoms with van der Waals surface area (Å²) in [4.78, 5) is 37.7. The van der Waals surface area contributed by atoms with Crippen LogP contribution in [0.1, 0.15) is 13.8 Å². The van der Waals surface area contributed by atoms with Crippen molar-refractivity contribution in [2.24, 2.45) is 0 Å². The van der Waals surface area contributed by atoms with Crippen LogP contribution in [0, 0.1) is 0 Å². The van der Waals surface area contributed by atoms with Crippen LogP contribution in [0.4, 0.5) is 0 Å². The van der Waals surface area contributed by atoms with Crippen molar-refractivity contribution in [1.29, 1.82) is 0 Å². The Hall–Kier alpha value is -0.430. The second-order valence-corrected chi connectivity index (χ2v) is 7.48. The van der Waals surface area contributed by atoms with E-state index in [1.165, 1.54) is 6.92 Å². The van der Waals surface area contributed by atoms with Gasteiger partial charge in [-0.25, -0.2) is 13.7 Å². The van der Waals surface area contributed by atoms with Gasteiger partial charge in [-0.1, -0.05) is 0 Å². The SMILES string of the molecule is CC(=O)N[C@]1(OP(=O)(O)OP(=O)(O)O)O[C@H](C)[C@@H](O)[C@H](O)[C@H]1O. The molecule has 13 nitrogen and oxygen atoms in total. The van der Waals surface area contributed by atoms with Gasteiger partial charge in [-0.3, -0.25) is 4.79 Å². The number of carbonyl (C=O) groups is 1. The summed E-state index contributed by atoms with van der Waals surface area (Å²) in [5.41, 5.74) is 0. The van der Waals surface area contributed by atoms with Gasteiger partial charge in [0.2, 0.25) is 5.91 Å². The van der Waals surface area contributed by atoms with Crippen molar-refractivity contribution in [2.45, 2.75) is 44.2 Å². The Kier molecular flexibility index (Phi) is 6.12. The second kappa shape index (κ2) is 6.82. The van der Waals surface area contributed by atoms with Gasteiger partial charge in [-0.2, -0.15) is 4.31 Å². The lowest BCUT2D eigenvalue weighted by Gasteiger charge is -2.47. The van der Waals surface area contributed by atoms with E-state index in [2.05, 4.69) is 8.83 Å². The summed E-state index contributed by atoms with van der Waals surface area (Å²) < 4.78 is 35.2. The standard InChI is InChI=1S/C8H17NO12P2/c1-3-5(11)6(12)7(13)8(19-3,9-4(2)10)20-23(17,18)21-22(14,15)16/h3,5-7,11-13H,1-2H3,(H,9,10)(H,17,18)(H2,14,15,16)/t3-,5-,6+,7-,8+/m1/s1. The molecule has 0 aromatic heterocycles. The molecule has 1 aliphatic rings. The maximum Gasteiger partial charge on any atom is 0.485 e. The lowest BCUT2D eigenvalue weighted by Crippen LogP contribution is -2.70. The molecule has 0 spiro atoms. The topological polar surface area (TPSA) is 212 Å². The molecule has 1 aliphatic heterocycles. The minimum atomic E-state index is -5.57. The molecule has 0 aromatic carbocycles. The zero-order valence-corrected chi connectivity index (χ0v) is 13.6. The predicted octanol–water partition coefficient (Wildman–Crippen LogP) is -2.50. The second-order valence-electron chi connectivity index (χ2n) is 4.73. The first-order valence-corrected chi connectivity index (χ1v) is 9.03. The van der Waals surface area contributed by atoms with Crippen molar-refractivity contribution >= 4 is 21.6 Å². The van der Waals surface area contributed by atoms with Crippen LogP contribution in [0.15, 0.2) is 0 Å². The molecule has 0 aliphatic carbocycles. The summed E-state index contributed by atoms with van der Waals surface area (Å²) in [5, 5.41) is 31.0. The molecule has 1 heterocycles. The van der Waals surface area contributed by atoms with E-state index in [9.17, 15) is 34.1 Å². The Morgan fingerprint density at radius 3 is 2.13 bits per heavy atom. The maximum absolute atomic E-state index is 11.7. The summed E-state index contributed by atoms with van der Waals surface area (Å²) in [6.07, 6.45) is -7.23. The average molecular weight is 381 g/mol. The minimum Gasteiger partial charge on any atom is -0.388 e. The molecule has 1 unspecified atom stereocenters. The van der Waals surface area contributed by atoms with Crippen molar-refractivity contribution in [3.8, 4) is 0 Å². The van der Waals surface area contributed by atoms with E-state index in [-0.39, 0.29) is 0 Å². The highest BCUT2D eigenvalue weighted by Crippen LogP contribution is 2.60. The third-order valence-corrected chi connectivity index (χ3v) is 4.89. The summed E-state index contributed by atoms with van der Waals surface area (Å²) in [7, 11) is -11.1. The molecule has 1 rings (SSSR count). The molecule has 15 heteroatoms. The van der Waals surface area contributed by atoms with Crippen LogP contribution in [0.2, 0.25) is 0 Å². The fourth-order valence-electron chi connectivity index (χ4n) is 1.87. The number of hydrogen-bond acceptors (Lipinski definition) is 9. The van der Waals surface area contributed by atoms with Crippen molar-refractivity contribution in [3.05, 3.63) is 0 Å². The molecule has 0 aromatic rings. The average Bonchev–Trinajstić information content (AvgIpc) is 2.29. The van der Waals surface area contributed by atoms with Gasteiger partial charge in [0, 0.05) is 6.92 Å². The number of aliphatic hydroxyl groups is 3. The predicted molar refractivity (Wildman–Crippen MR) is 69.2 cm³/mol. The Labute approximate surface area is 129 Å². The van der Waals surface area contributed by atoms with Gasteiger partial charge in [0.05, 0.1) is 6.10 Å². The number of amides is 1. The molecule has 1 fully saturated rings. The summed E-state index contributed by atoms with van der Waals surface area (Å²) in [6.45, 7) is 2.07. The van der Waals surface area contributed by atoms with Gasteiger partial charge < -0.3 is 40.1 Å². The maximum atomic E-state index is 11.7. The normalized spacial score (nSPS) is 37.9. The van der Waals surface area contributed by atoms with Crippen LogP contribution in [-0.4, -0.2) is 66.2 Å². The largest absolute Gasteiger partial charge is 0.485 e. The Bertz CT molecular complexity index is 549. The van der Waals surface area contributed by atoms with E-state index in [1.807, 2.05) is 0 Å². The Morgan fingerprint density at radius 2 is 1.70 bits per heavy atom. The molecule has 136 valence electrons. The van der Waals surface area contributed by atoms with E-state index in [1.54, 1.807) is 5.32 Å². The highest BCUT2D eigenvalue weighted by atomic mass is 31.3. The van der Waals surface area contributed by atoms with E-state index < -0.39 is 51.9 Å². The first kappa shape index (κ1) is 20.6. The molecule has 0 radical (unpaired) electrons. The Morgan fingerprint density at radius 1 is 1.17 bits per heavy atom. The van der Waals surface area contributed by atoms with Crippen molar-refractivity contribution < 1.29 is 57.5 Å². The molecule has 6 atom stereocenters. The molecule has 7 N–H and O–H groups in total. The zero-order chi connectivity index (χ0) is 18.2. The summed E-state index contributed by atoms with van der Waals surface area (Å²) >= 11 is 0. The van der Waals surface area contributed by atoms with Gasteiger partial charge in [-0.05, 0) is 6.92 Å². The summed E-state index contributed by atoms with van der Waals surface area (Å²) in [5.74, 6) is -3.86. The van der Waals surface area contributed by atoms with Crippen molar-refractivity contribution in [1.82, 2.24) is 5.32 Å². The van der Waals surface area contributed by atoms with Gasteiger partial charge in [-0.15, -0.1) is 0 Å². The third kappa shape index (κ3) is 5.28. The third-order valence-electron chi connectivity index (χ3n) is 2.72. The highest BCUT2D eigenvalue weighted by molar-refractivity contribution is 7.60. The van der Waals surface area contributed by atoms with Crippen LogP contribution in [0.25, 0.3) is 0 Å². The van der Waals surface area contributed by atoms with Gasteiger partial charge >= 0.3 is 15.6 Å². The lowest BCUT2D eigenvalue weighted by atomic mass is 9.97. The fourth-order valence-corrected chi connectivity index (χ4v) is 3.62. The lowest BCUT2D eigenvalue weighted by molar-refractivity contribution is -0.343. The number of phosphoric ester groups is 1. The first-order chi connectivity index (χ1) is 10.2. The monoisotopic (exact) mass is 381 g/mol. The number of aliphatic hydroxyl groups excluding tert-OH is 3. The summed E-state index contributed by atoms with van der Waals surface area (Å²) in [6, 6.07) is 0. The molecular formula is C8H17NO12P2. The number of nitrogens with one attached hydrogen (secondary N) is 1. The fraction of sp³-hybridized carbons (Fsp3) is 0.875. The van der Waals surface area contributed by atoms with Gasteiger partial charge in [0.25, 0.3) is 5.91 Å². The van der Waals surface area contributed by atoms with Crippen molar-refractivity contribution in [3.63, 3.8) is 0 Å². The molecule has 0 bridgehead atoms. The number of ether oxygens (including phenoxy) is 1. The highest BCUT2D eigenvalue weighted by Gasteiger charge is 2.58. The zero-order valence-electron chi connectivity index (χ0n) is 11.8. The number of carbonyl (C=O) groups excluding carboxylic acids is 1. The van der Waals surface area contributed by atoms with Gasteiger partial charge in [0.1, 0.15) is 12.2 Å². The van der Waals surface area contributed by atoms with Crippen LogP contribution < -0.4 is 5.32 Å². The van der Waals surface area contributed by atoms with Crippen LogP contribution in [0.3, 0.4) is 0 Å². The van der Waals surface area contributed by atoms with Gasteiger partial charge in [0.15, 0.2) is 6.10 Å². The molecular weight excluding hydrogens is 364 g/mol. The van der Waals surface area contributed by atoms with E-state index in [0.717, 1.165) is 6.92 Å². The molecule has 1 amide bonds. The van der Waals surface area contributed by atoms with E-state index >= 15 is 0 Å². The smallest absolute Gasteiger partial charge is 0.388 e. The van der Waals surface area contributed by atoms with E-state index in [0.29, 0.717) is 0 Å². The van der Waals surface area contributed by atoms with Crippen LogP contribution >= 0.6 is 15.6 Å². The first-order valence-electron chi connectivity index (χ1n) is 6.00. The molecule has 1 saturated heterocycles. The number of phosphoric acid groups is 2. The van der Waals surface area contributed by atoms with Crippen LogP contribution in [-0.2, 0) is 27.5 Å². The molecule has 23 heavy (non-hydrogen) atoms. The number of hydrogen-bond donors (Lipinski definition) is 7. The van der Waals surface area contributed by atoms with Crippen LogP contribution in [0.5, 0.6) is 0 Å². The number of rotatable bonds is 5. The Balaban J connectivity index is 3.20. The quantitative estimate of drug-likeness (QED) is 0.195. The minimum absolute atomic E-state index is 0.898. The van der Waals surface area contributed by atoms with Crippen molar-refractivity contribution in [2.75, 3.05) is 0 Å².